The smallest absolute Gasteiger partial charge is 0.254 e. The molecule has 1 aliphatic rings. The summed E-state index contributed by atoms with van der Waals surface area (Å²) in [4.78, 5) is 16.9. The van der Waals surface area contributed by atoms with Gasteiger partial charge in [-0.1, -0.05) is 29.8 Å². The molecule has 0 radical (unpaired) electrons. The molecule has 23 heavy (non-hydrogen) atoms. The highest BCUT2D eigenvalue weighted by molar-refractivity contribution is 6.30. The second kappa shape index (κ2) is 6.63. The molecule has 0 saturated carbocycles. The number of piperazine rings is 1. The van der Waals surface area contributed by atoms with Crippen molar-refractivity contribution in [3.63, 3.8) is 0 Å². The quantitative estimate of drug-likeness (QED) is 0.832. The molecule has 120 valence electrons. The Bertz CT molecular complexity index is 716. The zero-order chi connectivity index (χ0) is 16.4. The Morgan fingerprint density at radius 2 is 1.91 bits per heavy atom. The fourth-order valence-electron chi connectivity index (χ4n) is 3.14. The number of amides is 1. The lowest BCUT2D eigenvalue weighted by atomic mass is 10.1. The third-order valence-electron chi connectivity index (χ3n) is 4.32. The monoisotopic (exact) mass is 328 g/mol. The number of aryl methyl sites for hydroxylation is 1. The zero-order valence-electron chi connectivity index (χ0n) is 13.5. The van der Waals surface area contributed by atoms with Gasteiger partial charge in [-0.3, -0.25) is 4.79 Å². The van der Waals surface area contributed by atoms with Crippen LogP contribution in [0.4, 0.5) is 5.69 Å². The summed E-state index contributed by atoms with van der Waals surface area (Å²) in [5, 5.41) is 0.599. The molecule has 2 aromatic carbocycles. The van der Waals surface area contributed by atoms with E-state index in [9.17, 15) is 4.79 Å². The van der Waals surface area contributed by atoms with Crippen LogP contribution in [-0.4, -0.2) is 36.5 Å². The van der Waals surface area contributed by atoms with Gasteiger partial charge in [-0.25, -0.2) is 0 Å². The van der Waals surface area contributed by atoms with Crippen molar-refractivity contribution in [2.75, 3.05) is 24.5 Å². The molecule has 1 saturated heterocycles. The molecule has 3 rings (SSSR count). The number of rotatable bonds is 2. The van der Waals surface area contributed by atoms with Crippen molar-refractivity contribution in [1.82, 2.24) is 4.90 Å². The van der Waals surface area contributed by atoms with Crippen molar-refractivity contribution < 1.29 is 4.79 Å². The highest BCUT2D eigenvalue weighted by Gasteiger charge is 2.27. The van der Waals surface area contributed by atoms with E-state index in [0.717, 1.165) is 19.6 Å². The number of carbonyl (C=O) groups is 1. The van der Waals surface area contributed by atoms with Gasteiger partial charge in [0.15, 0.2) is 0 Å². The van der Waals surface area contributed by atoms with Crippen LogP contribution in [0.15, 0.2) is 48.5 Å². The summed E-state index contributed by atoms with van der Waals surface area (Å²) in [6.45, 7) is 6.56. The Morgan fingerprint density at radius 3 is 2.61 bits per heavy atom. The van der Waals surface area contributed by atoms with Crippen LogP contribution < -0.4 is 4.90 Å². The molecule has 4 heteroatoms. The number of carbonyl (C=O) groups excluding carboxylic acids is 1. The predicted octanol–water partition coefficient (Wildman–Crippen LogP) is 4.00. The summed E-state index contributed by atoms with van der Waals surface area (Å²) in [6, 6.07) is 16.0. The largest absolute Gasteiger partial charge is 0.365 e. The Labute approximate surface area is 142 Å². The van der Waals surface area contributed by atoms with E-state index in [1.807, 2.05) is 17.0 Å². The van der Waals surface area contributed by atoms with Gasteiger partial charge >= 0.3 is 0 Å². The molecule has 0 N–H and O–H groups in total. The van der Waals surface area contributed by atoms with Crippen molar-refractivity contribution in [3.05, 3.63) is 64.7 Å². The zero-order valence-corrected chi connectivity index (χ0v) is 14.3. The van der Waals surface area contributed by atoms with Crippen LogP contribution in [0.3, 0.4) is 0 Å². The number of benzene rings is 2. The molecular formula is C19H21ClN2O. The summed E-state index contributed by atoms with van der Waals surface area (Å²) in [6.07, 6.45) is 0. The van der Waals surface area contributed by atoms with E-state index in [2.05, 4.69) is 43.0 Å². The molecular weight excluding hydrogens is 308 g/mol. The fraction of sp³-hybridized carbons (Fsp3) is 0.316. The maximum absolute atomic E-state index is 12.6. The lowest BCUT2D eigenvalue weighted by molar-refractivity contribution is 0.0726. The van der Waals surface area contributed by atoms with Gasteiger partial charge in [0.2, 0.25) is 0 Å². The highest BCUT2D eigenvalue weighted by Crippen LogP contribution is 2.23. The second-order valence-electron chi connectivity index (χ2n) is 6.14. The lowest BCUT2D eigenvalue weighted by Gasteiger charge is -2.41. The number of hydrogen-bond acceptors (Lipinski definition) is 2. The molecule has 0 aliphatic carbocycles. The van der Waals surface area contributed by atoms with Crippen molar-refractivity contribution in [1.29, 1.82) is 0 Å². The summed E-state index contributed by atoms with van der Waals surface area (Å²) in [7, 11) is 0. The highest BCUT2D eigenvalue weighted by atomic mass is 35.5. The molecule has 0 aromatic heterocycles. The maximum Gasteiger partial charge on any atom is 0.254 e. The van der Waals surface area contributed by atoms with Crippen LogP contribution in [0.2, 0.25) is 5.02 Å². The van der Waals surface area contributed by atoms with Gasteiger partial charge in [-0.2, -0.15) is 0 Å². The van der Waals surface area contributed by atoms with E-state index in [-0.39, 0.29) is 11.9 Å². The topological polar surface area (TPSA) is 23.6 Å². The standard InChI is InChI=1S/C19H21ClN2O/c1-14-5-3-8-18(11-14)22-10-9-21(13-15(22)2)19(23)16-6-4-7-17(20)12-16/h3-8,11-12,15H,9-10,13H2,1-2H3. The molecule has 0 spiro atoms. The van der Waals surface area contributed by atoms with Gasteiger partial charge in [0.1, 0.15) is 0 Å². The SMILES string of the molecule is Cc1cccc(N2CCN(C(=O)c3cccc(Cl)c3)CC2C)c1. The van der Waals surface area contributed by atoms with Gasteiger partial charge in [-0.05, 0) is 49.7 Å². The van der Waals surface area contributed by atoms with Gasteiger partial charge in [0.05, 0.1) is 0 Å². The molecule has 1 amide bonds. The normalized spacial score (nSPS) is 18.1. The third kappa shape index (κ3) is 3.50. The minimum absolute atomic E-state index is 0.0586. The van der Waals surface area contributed by atoms with Gasteiger partial charge < -0.3 is 9.80 Å². The Morgan fingerprint density at radius 1 is 1.13 bits per heavy atom. The van der Waals surface area contributed by atoms with Crippen LogP contribution in [0.25, 0.3) is 0 Å². The lowest BCUT2D eigenvalue weighted by Crippen LogP contribution is -2.53. The second-order valence-corrected chi connectivity index (χ2v) is 6.58. The van der Waals surface area contributed by atoms with Crippen LogP contribution in [0, 0.1) is 6.92 Å². The van der Waals surface area contributed by atoms with Crippen LogP contribution in [-0.2, 0) is 0 Å². The first kappa shape index (κ1) is 15.9. The molecule has 0 bridgehead atoms. The number of nitrogens with zero attached hydrogens (tertiary/aromatic N) is 2. The Hall–Kier alpha value is -2.00. The first-order valence-electron chi connectivity index (χ1n) is 7.93. The van der Waals surface area contributed by atoms with Crippen molar-refractivity contribution in [3.8, 4) is 0 Å². The summed E-state index contributed by atoms with van der Waals surface area (Å²) in [5.74, 6) is 0.0586. The molecule has 2 aromatic rings. The molecule has 1 atom stereocenters. The number of anilines is 1. The van der Waals surface area contributed by atoms with E-state index < -0.39 is 0 Å². The average Bonchev–Trinajstić information content (AvgIpc) is 2.54. The Balaban J connectivity index is 1.72. The minimum Gasteiger partial charge on any atom is -0.365 e. The summed E-state index contributed by atoms with van der Waals surface area (Å²) in [5.41, 5.74) is 3.15. The van der Waals surface area contributed by atoms with E-state index in [1.165, 1.54) is 11.3 Å². The van der Waals surface area contributed by atoms with E-state index in [1.54, 1.807) is 12.1 Å². The van der Waals surface area contributed by atoms with Gasteiger partial charge in [0.25, 0.3) is 5.91 Å². The molecule has 1 aliphatic heterocycles. The fourth-order valence-corrected chi connectivity index (χ4v) is 3.33. The summed E-state index contributed by atoms with van der Waals surface area (Å²) >= 11 is 6.00. The maximum atomic E-state index is 12.6. The molecule has 3 nitrogen and oxygen atoms in total. The van der Waals surface area contributed by atoms with Crippen LogP contribution in [0.5, 0.6) is 0 Å². The summed E-state index contributed by atoms with van der Waals surface area (Å²) < 4.78 is 0. The number of hydrogen-bond donors (Lipinski definition) is 0. The minimum atomic E-state index is 0.0586. The van der Waals surface area contributed by atoms with E-state index in [0.29, 0.717) is 10.6 Å². The molecule has 1 unspecified atom stereocenters. The van der Waals surface area contributed by atoms with Crippen molar-refractivity contribution in [2.45, 2.75) is 19.9 Å². The molecule has 1 fully saturated rings. The first-order chi connectivity index (χ1) is 11.0. The van der Waals surface area contributed by atoms with Crippen molar-refractivity contribution >= 4 is 23.2 Å². The number of halogens is 1. The average molecular weight is 329 g/mol. The van der Waals surface area contributed by atoms with Gasteiger partial charge in [-0.15, -0.1) is 0 Å². The van der Waals surface area contributed by atoms with Crippen molar-refractivity contribution in [2.24, 2.45) is 0 Å². The Kier molecular flexibility index (Phi) is 4.58. The van der Waals surface area contributed by atoms with Gasteiger partial charge in [0, 0.05) is 41.9 Å². The first-order valence-corrected chi connectivity index (χ1v) is 8.30. The van der Waals surface area contributed by atoms with E-state index in [4.69, 9.17) is 11.6 Å². The van der Waals surface area contributed by atoms with E-state index >= 15 is 0 Å². The third-order valence-corrected chi connectivity index (χ3v) is 4.55. The van der Waals surface area contributed by atoms with Crippen LogP contribution >= 0.6 is 11.6 Å². The molecule has 1 heterocycles. The predicted molar refractivity (Wildman–Crippen MR) is 95.3 cm³/mol. The van der Waals surface area contributed by atoms with Crippen LogP contribution in [0.1, 0.15) is 22.8 Å².